The molecule has 6 aromatic heterocycles. The molecule has 1 saturated heterocycles. The lowest BCUT2D eigenvalue weighted by molar-refractivity contribution is -0.0471. The summed E-state index contributed by atoms with van der Waals surface area (Å²) in [7, 11) is 0. The van der Waals surface area contributed by atoms with E-state index in [2.05, 4.69) is 67.8 Å². The molecule has 2 aromatic carbocycles. The van der Waals surface area contributed by atoms with Crippen molar-refractivity contribution in [3.8, 4) is 5.75 Å². The predicted octanol–water partition coefficient (Wildman–Crippen LogP) is 4.84. The summed E-state index contributed by atoms with van der Waals surface area (Å²) in [6, 6.07) is 18.9. The van der Waals surface area contributed by atoms with Crippen LogP contribution in [0.2, 0.25) is 0 Å². The molecule has 0 amide bonds. The zero-order chi connectivity index (χ0) is 42.5. The van der Waals surface area contributed by atoms with Crippen LogP contribution in [-0.4, -0.2) is 96.6 Å². The Balaban J connectivity index is 0.000000156. The van der Waals surface area contributed by atoms with Crippen molar-refractivity contribution < 1.29 is 29.9 Å². The van der Waals surface area contributed by atoms with E-state index in [-0.39, 0.29) is 18.6 Å². The van der Waals surface area contributed by atoms with E-state index in [9.17, 15) is 20.4 Å². The van der Waals surface area contributed by atoms with Crippen molar-refractivity contribution >= 4 is 93.2 Å². The number of fused-ring (bicyclic) bond motifs is 4. The van der Waals surface area contributed by atoms with E-state index >= 15 is 0 Å². The summed E-state index contributed by atoms with van der Waals surface area (Å²) in [4.78, 5) is 25.3. The van der Waals surface area contributed by atoms with Gasteiger partial charge in [0.2, 0.25) is 0 Å². The van der Waals surface area contributed by atoms with Crippen molar-refractivity contribution in [2.45, 2.75) is 62.1 Å². The quantitative estimate of drug-likeness (QED) is 0.107. The van der Waals surface area contributed by atoms with E-state index in [4.69, 9.17) is 26.7 Å². The molecule has 61 heavy (non-hydrogen) atoms. The monoisotopic (exact) mass is 953 g/mol. The van der Waals surface area contributed by atoms with Gasteiger partial charge in [-0.05, 0) is 105 Å². The number of hydrogen-bond acceptors (Lipinski definition) is 15. The fraction of sp³-hybridized carbons (Fsp3) is 0.286. The Labute approximate surface area is 364 Å². The van der Waals surface area contributed by atoms with Crippen LogP contribution in [-0.2, 0) is 11.2 Å². The lowest BCUT2D eigenvalue weighted by Gasteiger charge is -2.19. The van der Waals surface area contributed by atoms with E-state index in [1.165, 1.54) is 12.7 Å². The van der Waals surface area contributed by atoms with Crippen LogP contribution in [0.3, 0.4) is 0 Å². The third-order valence-corrected chi connectivity index (χ3v) is 12.6. The van der Waals surface area contributed by atoms with E-state index in [1.54, 1.807) is 23.0 Å². The molecule has 10 N–H and O–H groups in total. The third-order valence-electron chi connectivity index (χ3n) is 11.5. The average Bonchev–Trinajstić information content (AvgIpc) is 4.02. The van der Waals surface area contributed by atoms with Gasteiger partial charge in [0.25, 0.3) is 0 Å². The molecule has 0 bridgehead atoms. The van der Waals surface area contributed by atoms with Crippen LogP contribution < -0.4 is 21.9 Å². The van der Waals surface area contributed by atoms with E-state index in [0.29, 0.717) is 46.3 Å². The van der Waals surface area contributed by atoms with Gasteiger partial charge in [-0.1, -0.05) is 12.1 Å². The molecular weight excluding hydrogens is 914 g/mol. The SMILES string of the molecule is Nc1nc2cc(CCC3C[C@@H](n4ccc5c(N)ncnc54)[C@H](O)[C@@H]3O)ccc2cc1Br.Nc1ncnc2c1ccn2[C@@H]1OC(COc2ccc3cc(Br)cnc3c2)[C@@H](O)[C@H]1O. The van der Waals surface area contributed by atoms with Crippen molar-refractivity contribution in [1.82, 2.24) is 39.0 Å². The van der Waals surface area contributed by atoms with Crippen molar-refractivity contribution in [3.63, 3.8) is 0 Å². The van der Waals surface area contributed by atoms with Crippen LogP contribution in [0.4, 0.5) is 17.5 Å². The molecule has 2 unspecified atom stereocenters. The second-order valence-electron chi connectivity index (χ2n) is 15.3. The molecule has 8 aromatic rings. The molecule has 2 aliphatic rings. The summed E-state index contributed by atoms with van der Waals surface area (Å²) >= 11 is 6.81. The number of rotatable bonds is 8. The van der Waals surface area contributed by atoms with Gasteiger partial charge in [-0.15, -0.1) is 0 Å². The van der Waals surface area contributed by atoms with E-state index < -0.39 is 36.7 Å². The van der Waals surface area contributed by atoms with Crippen LogP contribution in [0.1, 0.15) is 30.7 Å². The second kappa shape index (κ2) is 16.7. The van der Waals surface area contributed by atoms with Crippen molar-refractivity contribution in [1.29, 1.82) is 0 Å². The van der Waals surface area contributed by atoms with Crippen LogP contribution in [0, 0.1) is 5.92 Å². The Morgan fingerprint density at radius 2 is 1.39 bits per heavy atom. The number of anilines is 3. The molecular formula is C42H41Br2N11O6. The van der Waals surface area contributed by atoms with Gasteiger partial charge in [0.1, 0.15) is 78.2 Å². The number of nitrogen functional groups attached to an aromatic ring is 3. The maximum atomic E-state index is 10.7. The number of hydrogen-bond donors (Lipinski definition) is 7. The number of nitrogens with zero attached hydrogens (tertiary/aromatic N) is 8. The fourth-order valence-electron chi connectivity index (χ4n) is 8.26. The highest BCUT2D eigenvalue weighted by Gasteiger charge is 2.45. The van der Waals surface area contributed by atoms with Gasteiger partial charge in [0.15, 0.2) is 6.23 Å². The van der Waals surface area contributed by atoms with Gasteiger partial charge in [-0.3, -0.25) is 4.98 Å². The lowest BCUT2D eigenvalue weighted by atomic mass is 9.95. The molecule has 0 radical (unpaired) electrons. The van der Waals surface area contributed by atoms with Gasteiger partial charge >= 0.3 is 0 Å². The highest BCUT2D eigenvalue weighted by Crippen LogP contribution is 2.40. The van der Waals surface area contributed by atoms with Crippen LogP contribution in [0.5, 0.6) is 5.75 Å². The number of aromatic nitrogens is 8. The van der Waals surface area contributed by atoms with E-state index in [0.717, 1.165) is 54.5 Å². The fourth-order valence-corrected chi connectivity index (χ4v) is 8.95. The van der Waals surface area contributed by atoms with Gasteiger partial charge in [0, 0.05) is 39.9 Å². The Morgan fingerprint density at radius 3 is 2.15 bits per heavy atom. The largest absolute Gasteiger partial charge is 0.491 e. The zero-order valence-corrected chi connectivity index (χ0v) is 35.5. The third kappa shape index (κ3) is 7.93. The Bertz CT molecular complexity index is 2900. The number of halogens is 2. The molecule has 7 heterocycles. The molecule has 2 fully saturated rings. The summed E-state index contributed by atoms with van der Waals surface area (Å²) in [5.41, 5.74) is 21.7. The summed E-state index contributed by atoms with van der Waals surface area (Å²) in [5.74, 6) is 1.77. The van der Waals surface area contributed by atoms with Gasteiger partial charge in [0.05, 0.1) is 38.4 Å². The number of aliphatic hydroxyl groups is 4. The minimum atomic E-state index is -1.15. The number of benzene rings is 2. The first kappa shape index (κ1) is 40.8. The smallest absolute Gasteiger partial charge is 0.164 e. The summed E-state index contributed by atoms with van der Waals surface area (Å²) in [5, 5.41) is 45.9. The Morgan fingerprint density at radius 1 is 0.705 bits per heavy atom. The van der Waals surface area contributed by atoms with Crippen molar-refractivity contribution in [2.75, 3.05) is 23.8 Å². The minimum absolute atomic E-state index is 0.0322. The maximum Gasteiger partial charge on any atom is 0.164 e. The zero-order valence-electron chi connectivity index (χ0n) is 32.3. The Hall–Kier alpha value is -5.54. The number of pyridine rings is 2. The molecule has 1 aliphatic heterocycles. The first-order valence-corrected chi connectivity index (χ1v) is 21.1. The molecule has 314 valence electrons. The van der Waals surface area contributed by atoms with Gasteiger partial charge < -0.3 is 56.2 Å². The topological polar surface area (TPSA) is 265 Å². The number of aryl methyl sites for hydroxylation is 1. The van der Waals surface area contributed by atoms with Crippen molar-refractivity contribution in [2.24, 2.45) is 5.92 Å². The maximum absolute atomic E-state index is 10.7. The summed E-state index contributed by atoms with van der Waals surface area (Å²) in [6.07, 6.45) is 4.73. The minimum Gasteiger partial charge on any atom is -0.491 e. The summed E-state index contributed by atoms with van der Waals surface area (Å²) < 4.78 is 17.0. The first-order chi connectivity index (χ1) is 29.4. The standard InChI is InChI=1S/C22H23BrN6O2.C20H18BrN5O4/c23-15-8-12-3-1-11(7-16(12)28-21(15)25)2-4-13-9-17(19(31)18(13)30)29-6-5-14-20(24)26-10-27-22(14)29;21-11-5-10-1-2-12(6-14(10)23-7-11)29-8-15-16(27)17(28)20(30-15)26-4-3-13-18(22)24-9-25-19(13)26/h1,3,5-8,10,13,17-19,30-31H,2,4,9H2,(H2,25,28)(H2,24,26,27);1-7,9,15-17,20,27-28H,8H2,(H2,22,24,25)/t13?,17-,18-,19+;15?,16-,17-,20-/m11/s1. The second-order valence-corrected chi connectivity index (χ2v) is 17.0. The molecule has 19 heteroatoms. The normalized spacial score (nSPS) is 23.8. The molecule has 1 aliphatic carbocycles. The molecule has 0 spiro atoms. The average molecular weight is 956 g/mol. The van der Waals surface area contributed by atoms with Crippen LogP contribution in [0.25, 0.3) is 43.9 Å². The number of ether oxygens (including phenoxy) is 2. The number of nitrogens with two attached hydrogens (primary N) is 3. The van der Waals surface area contributed by atoms with Crippen LogP contribution >= 0.6 is 31.9 Å². The highest BCUT2D eigenvalue weighted by atomic mass is 79.9. The number of aliphatic hydroxyl groups excluding tert-OH is 4. The predicted molar refractivity (Wildman–Crippen MR) is 236 cm³/mol. The first-order valence-electron chi connectivity index (χ1n) is 19.5. The van der Waals surface area contributed by atoms with E-state index in [1.807, 2.05) is 59.3 Å². The molecule has 10 rings (SSSR count). The van der Waals surface area contributed by atoms with Gasteiger partial charge in [-0.2, -0.15) is 0 Å². The Kier molecular flexibility index (Phi) is 11.2. The van der Waals surface area contributed by atoms with Gasteiger partial charge in [-0.25, -0.2) is 24.9 Å². The molecule has 1 saturated carbocycles. The van der Waals surface area contributed by atoms with Crippen LogP contribution in [0.15, 0.2) is 101 Å². The van der Waals surface area contributed by atoms with Crippen molar-refractivity contribution in [3.05, 3.63) is 106 Å². The highest BCUT2D eigenvalue weighted by molar-refractivity contribution is 9.10. The molecule has 8 atom stereocenters. The molecule has 17 nitrogen and oxygen atoms in total. The lowest BCUT2D eigenvalue weighted by Crippen LogP contribution is -2.34. The summed E-state index contributed by atoms with van der Waals surface area (Å²) in [6.45, 7) is 0.0626.